The fourth-order valence-electron chi connectivity index (χ4n) is 4.52. The lowest BCUT2D eigenvalue weighted by Crippen LogP contribution is -2.41. The van der Waals surface area contributed by atoms with E-state index in [1.54, 1.807) is 6.07 Å². The molecule has 0 aromatic carbocycles. The van der Waals surface area contributed by atoms with Crippen molar-refractivity contribution in [2.75, 3.05) is 31.5 Å². The number of nitrogens with zero attached hydrogens (tertiary/aromatic N) is 4. The minimum absolute atomic E-state index is 0.0551. The van der Waals surface area contributed by atoms with Crippen LogP contribution in [0, 0.1) is 5.92 Å². The molecule has 0 spiro atoms. The third kappa shape index (κ3) is 3.88. The summed E-state index contributed by atoms with van der Waals surface area (Å²) in [7, 11) is -3.50. The van der Waals surface area contributed by atoms with Crippen LogP contribution in [0.15, 0.2) is 6.07 Å². The molecule has 0 amide bonds. The molecule has 2 fully saturated rings. The van der Waals surface area contributed by atoms with Crippen LogP contribution in [-0.4, -0.2) is 65.2 Å². The molecule has 0 bridgehead atoms. The van der Waals surface area contributed by atoms with Crippen molar-refractivity contribution in [3.8, 4) is 0 Å². The third-order valence-corrected chi connectivity index (χ3v) is 8.33. The van der Waals surface area contributed by atoms with Crippen molar-refractivity contribution in [1.29, 1.82) is 0 Å². The molecule has 4 heterocycles. The Hall–Kier alpha value is -1.33. The normalized spacial score (nSPS) is 29.4. The van der Waals surface area contributed by atoms with Crippen molar-refractivity contribution >= 4 is 16.0 Å². The van der Waals surface area contributed by atoms with Crippen LogP contribution >= 0.6 is 0 Å². The number of halogens is 3. The first-order chi connectivity index (χ1) is 13.6. The van der Waals surface area contributed by atoms with E-state index >= 15 is 0 Å². The van der Waals surface area contributed by atoms with Gasteiger partial charge in [-0.3, -0.25) is 0 Å². The SMILES string of the molecule is CC(C)[C@@H]1C[C@H](C(F)(F)F)n2nc([C@H]3CCN(S(=O)(=O)N4CCCC4)C3)cc2N1. The van der Waals surface area contributed by atoms with Crippen LogP contribution in [0.25, 0.3) is 0 Å². The highest BCUT2D eigenvalue weighted by molar-refractivity contribution is 7.86. The number of anilines is 1. The first-order valence-electron chi connectivity index (χ1n) is 10.3. The second kappa shape index (κ2) is 7.42. The van der Waals surface area contributed by atoms with E-state index in [1.807, 2.05) is 13.8 Å². The van der Waals surface area contributed by atoms with Crippen molar-refractivity contribution in [3.63, 3.8) is 0 Å². The summed E-state index contributed by atoms with van der Waals surface area (Å²) in [4.78, 5) is 0. The molecule has 29 heavy (non-hydrogen) atoms. The Bertz CT molecular complexity index is 848. The van der Waals surface area contributed by atoms with Crippen molar-refractivity contribution in [1.82, 2.24) is 18.4 Å². The predicted molar refractivity (Wildman–Crippen MR) is 103 cm³/mol. The second-order valence-corrected chi connectivity index (χ2v) is 10.6. The quantitative estimate of drug-likeness (QED) is 0.790. The average Bonchev–Trinajstić information content (AvgIpc) is 3.38. The van der Waals surface area contributed by atoms with Gasteiger partial charge >= 0.3 is 6.18 Å². The van der Waals surface area contributed by atoms with E-state index in [2.05, 4.69) is 10.4 Å². The number of fused-ring (bicyclic) bond motifs is 1. The highest BCUT2D eigenvalue weighted by atomic mass is 32.2. The Morgan fingerprint density at radius 2 is 1.86 bits per heavy atom. The Labute approximate surface area is 169 Å². The number of aromatic nitrogens is 2. The molecule has 1 aromatic rings. The summed E-state index contributed by atoms with van der Waals surface area (Å²) in [5.74, 6) is 0.228. The molecule has 7 nitrogen and oxygen atoms in total. The Morgan fingerprint density at radius 1 is 1.17 bits per heavy atom. The molecule has 0 radical (unpaired) electrons. The van der Waals surface area contributed by atoms with Gasteiger partial charge in [-0.2, -0.15) is 35.3 Å². The van der Waals surface area contributed by atoms with E-state index in [0.29, 0.717) is 37.6 Å². The van der Waals surface area contributed by atoms with Gasteiger partial charge in [-0.05, 0) is 31.6 Å². The Morgan fingerprint density at radius 3 is 2.48 bits per heavy atom. The number of rotatable bonds is 4. The number of nitrogens with one attached hydrogen (secondary N) is 1. The number of alkyl halides is 3. The van der Waals surface area contributed by atoms with Crippen LogP contribution < -0.4 is 5.32 Å². The molecule has 1 N–H and O–H groups in total. The van der Waals surface area contributed by atoms with Crippen LogP contribution in [0.4, 0.5) is 19.0 Å². The van der Waals surface area contributed by atoms with E-state index < -0.39 is 22.4 Å². The van der Waals surface area contributed by atoms with Gasteiger partial charge in [0.05, 0.1) is 5.69 Å². The standard InChI is InChI=1S/C18H28F3N5O2S/c1-12(2)14-9-16(18(19,20)21)26-17(22-14)10-15(23-26)13-5-8-25(11-13)29(27,28)24-6-3-4-7-24/h10,12-14,16,22H,3-9,11H2,1-2H3/t13-,14-,16+/m0/s1. The van der Waals surface area contributed by atoms with Gasteiger partial charge in [0.25, 0.3) is 10.2 Å². The van der Waals surface area contributed by atoms with Gasteiger partial charge < -0.3 is 5.32 Å². The summed E-state index contributed by atoms with van der Waals surface area (Å²) >= 11 is 0. The van der Waals surface area contributed by atoms with Crippen LogP contribution in [0.3, 0.4) is 0 Å². The van der Waals surface area contributed by atoms with Gasteiger partial charge in [-0.1, -0.05) is 13.8 Å². The monoisotopic (exact) mass is 435 g/mol. The van der Waals surface area contributed by atoms with Gasteiger partial charge in [0.2, 0.25) is 0 Å². The largest absolute Gasteiger partial charge is 0.410 e. The molecule has 3 atom stereocenters. The van der Waals surface area contributed by atoms with Crippen molar-refractivity contribution in [3.05, 3.63) is 11.8 Å². The predicted octanol–water partition coefficient (Wildman–Crippen LogP) is 2.96. The molecule has 0 aliphatic carbocycles. The van der Waals surface area contributed by atoms with Gasteiger partial charge in [0.1, 0.15) is 5.82 Å². The molecule has 164 valence electrons. The zero-order chi connectivity index (χ0) is 21.0. The maximum atomic E-state index is 13.7. The summed E-state index contributed by atoms with van der Waals surface area (Å²) in [6.07, 6.45) is -2.14. The molecule has 11 heteroatoms. The van der Waals surface area contributed by atoms with Gasteiger partial charge in [-0.15, -0.1) is 0 Å². The zero-order valence-electron chi connectivity index (χ0n) is 16.7. The van der Waals surface area contributed by atoms with E-state index in [0.717, 1.165) is 17.5 Å². The van der Waals surface area contributed by atoms with Crippen LogP contribution in [0.5, 0.6) is 0 Å². The Balaban J connectivity index is 1.55. The van der Waals surface area contributed by atoms with E-state index in [9.17, 15) is 21.6 Å². The lowest BCUT2D eigenvalue weighted by Gasteiger charge is -2.35. The maximum Gasteiger partial charge on any atom is 0.410 e. The minimum Gasteiger partial charge on any atom is -0.367 e. The molecule has 3 aliphatic heterocycles. The highest BCUT2D eigenvalue weighted by Crippen LogP contribution is 2.42. The summed E-state index contributed by atoms with van der Waals surface area (Å²) in [6, 6.07) is -0.274. The van der Waals surface area contributed by atoms with Crippen molar-refractivity contribution in [2.45, 2.75) is 63.7 Å². The summed E-state index contributed by atoms with van der Waals surface area (Å²) in [5, 5.41) is 7.48. The van der Waals surface area contributed by atoms with Gasteiger partial charge in [0, 0.05) is 44.2 Å². The fourth-order valence-corrected chi connectivity index (χ4v) is 6.27. The molecule has 3 aliphatic rings. The van der Waals surface area contributed by atoms with Crippen molar-refractivity contribution < 1.29 is 21.6 Å². The van der Waals surface area contributed by atoms with Gasteiger partial charge in [0.15, 0.2) is 6.04 Å². The molecule has 2 saturated heterocycles. The van der Waals surface area contributed by atoms with Crippen LogP contribution in [0.1, 0.15) is 57.2 Å². The second-order valence-electron chi connectivity index (χ2n) is 8.64. The topological polar surface area (TPSA) is 70.5 Å². The molecule has 0 saturated carbocycles. The molecule has 1 aromatic heterocycles. The molecule has 0 unspecified atom stereocenters. The van der Waals surface area contributed by atoms with Crippen LogP contribution in [0.2, 0.25) is 0 Å². The first-order valence-corrected chi connectivity index (χ1v) is 11.6. The van der Waals surface area contributed by atoms with E-state index in [-0.39, 0.29) is 30.8 Å². The van der Waals surface area contributed by atoms with E-state index in [4.69, 9.17) is 0 Å². The average molecular weight is 436 g/mol. The fraction of sp³-hybridized carbons (Fsp3) is 0.833. The molecular weight excluding hydrogens is 407 g/mol. The summed E-state index contributed by atoms with van der Waals surface area (Å²) in [6.45, 7) is 5.51. The number of hydrogen-bond donors (Lipinski definition) is 1. The summed E-state index contributed by atoms with van der Waals surface area (Å²) < 4.78 is 70.5. The lowest BCUT2D eigenvalue weighted by molar-refractivity contribution is -0.174. The molecular formula is C18H28F3N5O2S. The zero-order valence-corrected chi connectivity index (χ0v) is 17.5. The Kier molecular flexibility index (Phi) is 5.35. The minimum atomic E-state index is -4.38. The highest BCUT2D eigenvalue weighted by Gasteiger charge is 2.47. The molecule has 4 rings (SSSR count). The van der Waals surface area contributed by atoms with Crippen LogP contribution in [-0.2, 0) is 10.2 Å². The lowest BCUT2D eigenvalue weighted by atomic mass is 9.94. The summed E-state index contributed by atoms with van der Waals surface area (Å²) in [5.41, 5.74) is 0.533. The van der Waals surface area contributed by atoms with Crippen molar-refractivity contribution in [2.24, 2.45) is 5.92 Å². The maximum absolute atomic E-state index is 13.7. The smallest absolute Gasteiger partial charge is 0.367 e. The van der Waals surface area contributed by atoms with Gasteiger partial charge in [-0.25, -0.2) is 4.68 Å². The first kappa shape index (κ1) is 20.9. The number of hydrogen-bond acceptors (Lipinski definition) is 4. The van der Waals surface area contributed by atoms with E-state index in [1.165, 1.54) is 8.61 Å². The third-order valence-electron chi connectivity index (χ3n) is 6.33.